The van der Waals surface area contributed by atoms with Gasteiger partial charge in [-0.05, 0) is 56.9 Å². The van der Waals surface area contributed by atoms with E-state index in [2.05, 4.69) is 15.3 Å². The normalized spacial score (nSPS) is 19.2. The van der Waals surface area contributed by atoms with Crippen LogP contribution in [0, 0.1) is 12.8 Å². The molecule has 0 atom stereocenters. The SMILES string of the molecule is Cc1cnc(NC2CCC(C(=O)N(C)c3ccc(Cl)cc3)CC2)nc1N(C)C. The number of halogens is 1. The quantitative estimate of drug-likeness (QED) is 0.815. The number of aromatic nitrogens is 2. The molecule has 7 heteroatoms. The van der Waals surface area contributed by atoms with E-state index < -0.39 is 0 Å². The molecule has 2 aromatic rings. The molecule has 150 valence electrons. The molecule has 1 saturated carbocycles. The smallest absolute Gasteiger partial charge is 0.229 e. The van der Waals surface area contributed by atoms with Crippen molar-refractivity contribution < 1.29 is 4.79 Å². The molecule has 0 aliphatic heterocycles. The third-order valence-electron chi connectivity index (χ3n) is 5.32. The maximum Gasteiger partial charge on any atom is 0.229 e. The maximum absolute atomic E-state index is 12.8. The molecular formula is C21H28ClN5O. The lowest BCUT2D eigenvalue weighted by molar-refractivity contribution is -0.123. The Morgan fingerprint density at radius 2 is 1.75 bits per heavy atom. The van der Waals surface area contributed by atoms with Gasteiger partial charge in [-0.2, -0.15) is 4.98 Å². The van der Waals surface area contributed by atoms with Gasteiger partial charge in [-0.25, -0.2) is 4.98 Å². The van der Waals surface area contributed by atoms with Gasteiger partial charge in [0.1, 0.15) is 5.82 Å². The minimum Gasteiger partial charge on any atom is -0.362 e. The molecule has 0 bridgehead atoms. The minimum absolute atomic E-state index is 0.0509. The van der Waals surface area contributed by atoms with Crippen LogP contribution < -0.4 is 15.1 Å². The lowest BCUT2D eigenvalue weighted by atomic mass is 9.85. The van der Waals surface area contributed by atoms with Crippen molar-refractivity contribution in [1.82, 2.24) is 9.97 Å². The Morgan fingerprint density at radius 3 is 2.36 bits per heavy atom. The van der Waals surface area contributed by atoms with Crippen molar-refractivity contribution in [3.8, 4) is 0 Å². The average molecular weight is 402 g/mol. The van der Waals surface area contributed by atoms with Gasteiger partial charge >= 0.3 is 0 Å². The number of rotatable bonds is 5. The molecule has 3 rings (SSSR count). The fraction of sp³-hybridized carbons (Fsp3) is 0.476. The van der Waals surface area contributed by atoms with Crippen LogP contribution >= 0.6 is 11.6 Å². The summed E-state index contributed by atoms with van der Waals surface area (Å²) in [5.41, 5.74) is 1.93. The van der Waals surface area contributed by atoms with Crippen molar-refractivity contribution in [2.24, 2.45) is 5.92 Å². The number of aryl methyl sites for hydroxylation is 1. The number of amides is 1. The molecular weight excluding hydrogens is 374 g/mol. The van der Waals surface area contributed by atoms with E-state index in [0.717, 1.165) is 42.8 Å². The van der Waals surface area contributed by atoms with Crippen molar-refractivity contribution in [2.75, 3.05) is 36.3 Å². The minimum atomic E-state index is 0.0509. The second kappa shape index (κ2) is 8.78. The fourth-order valence-corrected chi connectivity index (χ4v) is 3.81. The van der Waals surface area contributed by atoms with Gasteiger partial charge in [-0.15, -0.1) is 0 Å². The Kier molecular flexibility index (Phi) is 6.39. The van der Waals surface area contributed by atoms with Crippen LogP contribution in [0.1, 0.15) is 31.2 Å². The lowest BCUT2D eigenvalue weighted by Gasteiger charge is -2.31. The summed E-state index contributed by atoms with van der Waals surface area (Å²) in [6.07, 6.45) is 5.43. The summed E-state index contributed by atoms with van der Waals surface area (Å²) in [5, 5.41) is 4.11. The van der Waals surface area contributed by atoms with E-state index in [1.807, 2.05) is 63.4 Å². The van der Waals surface area contributed by atoms with Crippen LogP contribution in [0.5, 0.6) is 0 Å². The van der Waals surface area contributed by atoms with Crippen LogP contribution in [-0.2, 0) is 4.79 Å². The van der Waals surface area contributed by atoms with Crippen molar-refractivity contribution >= 4 is 35.0 Å². The molecule has 0 saturated heterocycles. The van der Waals surface area contributed by atoms with E-state index in [1.165, 1.54) is 0 Å². The number of hydrogen-bond acceptors (Lipinski definition) is 5. The van der Waals surface area contributed by atoms with Gasteiger partial charge in [0.05, 0.1) is 0 Å². The van der Waals surface area contributed by atoms with Crippen molar-refractivity contribution in [1.29, 1.82) is 0 Å². The Morgan fingerprint density at radius 1 is 1.11 bits per heavy atom. The molecule has 1 aromatic heterocycles. The van der Waals surface area contributed by atoms with Crippen LogP contribution in [0.2, 0.25) is 5.02 Å². The first kappa shape index (κ1) is 20.4. The Labute approximate surface area is 171 Å². The van der Waals surface area contributed by atoms with E-state index in [0.29, 0.717) is 17.0 Å². The zero-order valence-corrected chi connectivity index (χ0v) is 17.7. The first-order valence-corrected chi connectivity index (χ1v) is 10.0. The molecule has 1 amide bonds. The molecule has 1 N–H and O–H groups in total. The third-order valence-corrected chi connectivity index (χ3v) is 5.57. The second-order valence-corrected chi connectivity index (χ2v) is 8.10. The number of nitrogens with zero attached hydrogens (tertiary/aromatic N) is 4. The predicted octanol–water partition coefficient (Wildman–Crippen LogP) is 4.14. The molecule has 0 radical (unpaired) electrons. The van der Waals surface area contributed by atoms with Gasteiger partial charge in [0.2, 0.25) is 11.9 Å². The predicted molar refractivity (Wildman–Crippen MR) is 115 cm³/mol. The van der Waals surface area contributed by atoms with Crippen LogP contribution in [0.15, 0.2) is 30.5 Å². The monoisotopic (exact) mass is 401 g/mol. The molecule has 28 heavy (non-hydrogen) atoms. The van der Waals surface area contributed by atoms with E-state index in [1.54, 1.807) is 4.90 Å². The fourth-order valence-electron chi connectivity index (χ4n) is 3.69. The van der Waals surface area contributed by atoms with Gasteiger partial charge in [0, 0.05) is 55.6 Å². The highest BCUT2D eigenvalue weighted by Crippen LogP contribution is 2.29. The Balaban J connectivity index is 1.56. The number of nitrogens with one attached hydrogen (secondary N) is 1. The molecule has 1 aromatic carbocycles. The first-order chi connectivity index (χ1) is 13.3. The summed E-state index contributed by atoms with van der Waals surface area (Å²) < 4.78 is 0. The standard InChI is InChI=1S/C21H28ClN5O/c1-14-13-23-21(25-19(14)26(2)3)24-17-9-5-15(6-10-17)20(28)27(4)18-11-7-16(22)8-12-18/h7-8,11-13,15,17H,5-6,9-10H2,1-4H3,(H,23,24,25). The highest BCUT2D eigenvalue weighted by Gasteiger charge is 2.29. The summed E-state index contributed by atoms with van der Waals surface area (Å²) in [5.74, 6) is 1.80. The number of hydrogen-bond donors (Lipinski definition) is 1. The Bertz CT molecular complexity index is 816. The maximum atomic E-state index is 12.8. The lowest BCUT2D eigenvalue weighted by Crippen LogP contribution is -2.37. The zero-order valence-electron chi connectivity index (χ0n) is 16.9. The molecule has 1 heterocycles. The van der Waals surface area contributed by atoms with E-state index >= 15 is 0 Å². The number of anilines is 3. The van der Waals surface area contributed by atoms with E-state index in [9.17, 15) is 4.79 Å². The molecule has 1 aliphatic carbocycles. The van der Waals surface area contributed by atoms with Gasteiger partial charge in [-0.1, -0.05) is 11.6 Å². The van der Waals surface area contributed by atoms with Crippen LogP contribution in [0.25, 0.3) is 0 Å². The van der Waals surface area contributed by atoms with Crippen LogP contribution in [0.3, 0.4) is 0 Å². The summed E-state index contributed by atoms with van der Waals surface area (Å²) in [7, 11) is 5.79. The van der Waals surface area contributed by atoms with Crippen LogP contribution in [-0.4, -0.2) is 43.1 Å². The van der Waals surface area contributed by atoms with Crippen molar-refractivity contribution in [2.45, 2.75) is 38.6 Å². The summed E-state index contributed by atoms with van der Waals surface area (Å²) in [6, 6.07) is 7.67. The number of carbonyl (C=O) groups is 1. The van der Waals surface area contributed by atoms with Crippen LogP contribution in [0.4, 0.5) is 17.5 Å². The van der Waals surface area contributed by atoms with Gasteiger partial charge in [0.25, 0.3) is 0 Å². The number of benzene rings is 1. The van der Waals surface area contributed by atoms with Crippen molar-refractivity contribution in [3.05, 3.63) is 41.0 Å². The molecule has 6 nitrogen and oxygen atoms in total. The highest BCUT2D eigenvalue weighted by atomic mass is 35.5. The van der Waals surface area contributed by atoms with Gasteiger partial charge < -0.3 is 15.1 Å². The summed E-state index contributed by atoms with van der Waals surface area (Å²) >= 11 is 5.94. The van der Waals surface area contributed by atoms with E-state index in [-0.39, 0.29) is 11.8 Å². The molecule has 0 spiro atoms. The summed E-state index contributed by atoms with van der Waals surface area (Å²) in [6.45, 7) is 2.01. The molecule has 1 fully saturated rings. The average Bonchev–Trinajstić information content (AvgIpc) is 2.69. The first-order valence-electron chi connectivity index (χ1n) is 9.65. The number of carbonyl (C=O) groups excluding carboxylic acids is 1. The largest absolute Gasteiger partial charge is 0.362 e. The van der Waals surface area contributed by atoms with Gasteiger partial charge in [-0.3, -0.25) is 4.79 Å². The molecule has 1 aliphatic rings. The Hall–Kier alpha value is -2.34. The van der Waals surface area contributed by atoms with Crippen molar-refractivity contribution in [3.63, 3.8) is 0 Å². The summed E-state index contributed by atoms with van der Waals surface area (Å²) in [4.78, 5) is 25.6. The second-order valence-electron chi connectivity index (χ2n) is 7.66. The zero-order chi connectivity index (χ0) is 20.3. The topological polar surface area (TPSA) is 61.4 Å². The van der Waals surface area contributed by atoms with Gasteiger partial charge in [0.15, 0.2) is 0 Å². The third kappa shape index (κ3) is 4.73. The van der Waals surface area contributed by atoms with E-state index in [4.69, 9.17) is 11.6 Å². The highest BCUT2D eigenvalue weighted by molar-refractivity contribution is 6.30. The molecule has 0 unspecified atom stereocenters.